The molecule has 0 fully saturated rings. The molecule has 4 heteroatoms. The van der Waals surface area contributed by atoms with Crippen LogP contribution in [0.4, 0.5) is 0 Å². The SMILES string of the molecule is C/C=C/c1ccccc1Oc1cc(Cl)nc(C(C)(C)C)n1. The third-order valence-corrected chi connectivity index (χ3v) is 3.02. The lowest BCUT2D eigenvalue weighted by Crippen LogP contribution is -2.16. The Kier molecular flexibility index (Phi) is 4.63. The van der Waals surface area contributed by atoms with Gasteiger partial charge in [0.25, 0.3) is 0 Å². The lowest BCUT2D eigenvalue weighted by atomic mass is 9.96. The fourth-order valence-corrected chi connectivity index (χ4v) is 1.96. The summed E-state index contributed by atoms with van der Waals surface area (Å²) in [5, 5.41) is 0.383. The van der Waals surface area contributed by atoms with E-state index >= 15 is 0 Å². The number of allylic oxidation sites excluding steroid dienone is 1. The quantitative estimate of drug-likeness (QED) is 0.726. The van der Waals surface area contributed by atoms with Gasteiger partial charge >= 0.3 is 0 Å². The lowest BCUT2D eigenvalue weighted by Gasteiger charge is -2.17. The Balaban J connectivity index is 2.38. The van der Waals surface area contributed by atoms with Crippen LogP contribution in [-0.2, 0) is 5.41 Å². The summed E-state index contributed by atoms with van der Waals surface area (Å²) in [7, 11) is 0. The number of aromatic nitrogens is 2. The first kappa shape index (κ1) is 15.5. The number of ether oxygens (including phenoxy) is 1. The van der Waals surface area contributed by atoms with Gasteiger partial charge in [-0.15, -0.1) is 0 Å². The molecule has 2 aromatic rings. The normalized spacial score (nSPS) is 11.9. The van der Waals surface area contributed by atoms with Crippen LogP contribution in [0.15, 0.2) is 36.4 Å². The van der Waals surface area contributed by atoms with E-state index in [1.54, 1.807) is 6.07 Å². The van der Waals surface area contributed by atoms with Crippen LogP contribution in [-0.4, -0.2) is 9.97 Å². The molecule has 1 aromatic heterocycles. The number of nitrogens with zero attached hydrogens (tertiary/aromatic N) is 2. The molecule has 1 heterocycles. The van der Waals surface area contributed by atoms with Crippen molar-refractivity contribution in [1.82, 2.24) is 9.97 Å². The zero-order valence-corrected chi connectivity index (χ0v) is 13.5. The van der Waals surface area contributed by atoms with E-state index in [4.69, 9.17) is 16.3 Å². The van der Waals surface area contributed by atoms with E-state index in [1.165, 1.54) is 0 Å². The maximum atomic E-state index is 6.08. The molecule has 2 rings (SSSR count). The van der Waals surface area contributed by atoms with E-state index in [9.17, 15) is 0 Å². The van der Waals surface area contributed by atoms with Crippen molar-refractivity contribution in [2.45, 2.75) is 33.1 Å². The van der Waals surface area contributed by atoms with Crippen molar-refractivity contribution < 1.29 is 4.74 Å². The molecule has 0 amide bonds. The molecule has 0 aliphatic heterocycles. The monoisotopic (exact) mass is 302 g/mol. The van der Waals surface area contributed by atoms with Crippen molar-refractivity contribution in [1.29, 1.82) is 0 Å². The second kappa shape index (κ2) is 6.27. The van der Waals surface area contributed by atoms with Crippen molar-refractivity contribution in [2.75, 3.05) is 0 Å². The summed E-state index contributed by atoms with van der Waals surface area (Å²) >= 11 is 6.08. The van der Waals surface area contributed by atoms with Gasteiger partial charge in [0.2, 0.25) is 5.88 Å². The second-order valence-electron chi connectivity index (χ2n) is 5.74. The minimum absolute atomic E-state index is 0.189. The van der Waals surface area contributed by atoms with Crippen molar-refractivity contribution in [3.63, 3.8) is 0 Å². The first-order valence-corrected chi connectivity index (χ1v) is 7.22. The van der Waals surface area contributed by atoms with Gasteiger partial charge < -0.3 is 4.74 Å². The van der Waals surface area contributed by atoms with Gasteiger partial charge in [0.15, 0.2) is 0 Å². The standard InChI is InChI=1S/C17H19ClN2O/c1-5-8-12-9-6-7-10-13(12)21-15-11-14(18)19-16(20-15)17(2,3)4/h5-11H,1-4H3/b8-5+. The average molecular weight is 303 g/mol. The van der Waals surface area contributed by atoms with Gasteiger partial charge in [0.05, 0.1) is 0 Å². The lowest BCUT2D eigenvalue weighted by molar-refractivity contribution is 0.445. The summed E-state index contributed by atoms with van der Waals surface area (Å²) in [5.41, 5.74) is 0.804. The van der Waals surface area contributed by atoms with Crippen LogP contribution < -0.4 is 4.74 Å². The molecular formula is C17H19ClN2O. The van der Waals surface area contributed by atoms with Crippen molar-refractivity contribution in [2.24, 2.45) is 0 Å². The van der Waals surface area contributed by atoms with Crippen LogP contribution in [0.1, 0.15) is 39.1 Å². The van der Waals surface area contributed by atoms with Crippen molar-refractivity contribution in [3.8, 4) is 11.6 Å². The van der Waals surface area contributed by atoms with E-state index in [2.05, 4.69) is 9.97 Å². The molecule has 1 aromatic carbocycles. The van der Waals surface area contributed by atoms with Crippen molar-refractivity contribution in [3.05, 3.63) is 52.9 Å². The molecule has 0 N–H and O–H groups in total. The highest BCUT2D eigenvalue weighted by molar-refractivity contribution is 6.29. The van der Waals surface area contributed by atoms with E-state index in [0.29, 0.717) is 16.9 Å². The Morgan fingerprint density at radius 3 is 2.52 bits per heavy atom. The van der Waals surface area contributed by atoms with Gasteiger partial charge in [-0.1, -0.05) is 62.7 Å². The third kappa shape index (κ3) is 4.05. The molecule has 0 bridgehead atoms. The average Bonchev–Trinajstić information content (AvgIpc) is 2.40. The van der Waals surface area contributed by atoms with Crippen LogP contribution in [0.3, 0.4) is 0 Å². The minimum Gasteiger partial charge on any atom is -0.438 e. The van der Waals surface area contributed by atoms with Gasteiger partial charge in [-0.3, -0.25) is 0 Å². The predicted molar refractivity (Wildman–Crippen MR) is 87.0 cm³/mol. The molecule has 0 spiro atoms. The largest absolute Gasteiger partial charge is 0.438 e. The molecule has 0 radical (unpaired) electrons. The molecule has 110 valence electrons. The fourth-order valence-electron chi connectivity index (χ4n) is 1.79. The smallest absolute Gasteiger partial charge is 0.224 e. The van der Waals surface area contributed by atoms with Crippen LogP contribution >= 0.6 is 11.6 Å². The van der Waals surface area contributed by atoms with Gasteiger partial charge in [-0.2, -0.15) is 4.98 Å². The number of halogens is 1. The zero-order chi connectivity index (χ0) is 15.5. The Morgan fingerprint density at radius 2 is 1.86 bits per heavy atom. The number of rotatable bonds is 3. The van der Waals surface area contributed by atoms with Crippen LogP contribution in [0, 0.1) is 0 Å². The van der Waals surface area contributed by atoms with Gasteiger partial charge in [-0.05, 0) is 13.0 Å². The summed E-state index contributed by atoms with van der Waals surface area (Å²) in [5.74, 6) is 1.86. The first-order valence-electron chi connectivity index (χ1n) is 6.85. The molecule has 0 aliphatic carbocycles. The third-order valence-electron chi connectivity index (χ3n) is 2.82. The molecule has 21 heavy (non-hydrogen) atoms. The maximum absolute atomic E-state index is 6.08. The fraction of sp³-hybridized carbons (Fsp3) is 0.294. The summed E-state index contributed by atoms with van der Waals surface area (Å²) < 4.78 is 5.89. The van der Waals surface area contributed by atoms with E-state index < -0.39 is 0 Å². The maximum Gasteiger partial charge on any atom is 0.224 e. The first-order chi connectivity index (χ1) is 9.90. The highest BCUT2D eigenvalue weighted by atomic mass is 35.5. The highest BCUT2D eigenvalue weighted by Crippen LogP contribution is 2.28. The molecule has 0 saturated carbocycles. The Hall–Kier alpha value is -1.87. The molecule has 3 nitrogen and oxygen atoms in total. The van der Waals surface area contributed by atoms with Crippen LogP contribution in [0.25, 0.3) is 6.08 Å². The van der Waals surface area contributed by atoms with Gasteiger partial charge in [0.1, 0.15) is 16.7 Å². The van der Waals surface area contributed by atoms with E-state index in [0.717, 1.165) is 11.3 Å². The van der Waals surface area contributed by atoms with Crippen molar-refractivity contribution >= 4 is 17.7 Å². The number of benzene rings is 1. The van der Waals surface area contributed by atoms with Crippen LogP contribution in [0.2, 0.25) is 5.15 Å². The molecule has 0 saturated heterocycles. The highest BCUT2D eigenvalue weighted by Gasteiger charge is 2.19. The van der Waals surface area contributed by atoms with E-state index in [1.807, 2.05) is 64.1 Å². The molecule has 0 aliphatic rings. The Labute approximate surface area is 130 Å². The Morgan fingerprint density at radius 1 is 1.14 bits per heavy atom. The summed E-state index contributed by atoms with van der Waals surface area (Å²) in [4.78, 5) is 8.73. The van der Waals surface area contributed by atoms with Gasteiger partial charge in [0, 0.05) is 17.0 Å². The molecular weight excluding hydrogens is 284 g/mol. The summed E-state index contributed by atoms with van der Waals surface area (Å²) in [6, 6.07) is 9.42. The Bertz CT molecular complexity index is 660. The molecule has 0 atom stereocenters. The second-order valence-corrected chi connectivity index (χ2v) is 6.13. The number of hydrogen-bond acceptors (Lipinski definition) is 3. The van der Waals surface area contributed by atoms with E-state index in [-0.39, 0.29) is 5.41 Å². The number of para-hydroxylation sites is 1. The topological polar surface area (TPSA) is 35.0 Å². The molecule has 0 unspecified atom stereocenters. The van der Waals surface area contributed by atoms with Gasteiger partial charge in [-0.25, -0.2) is 4.98 Å². The number of hydrogen-bond donors (Lipinski definition) is 0. The summed E-state index contributed by atoms with van der Waals surface area (Å²) in [6.07, 6.45) is 3.96. The minimum atomic E-state index is -0.189. The summed E-state index contributed by atoms with van der Waals surface area (Å²) in [6.45, 7) is 8.08. The van der Waals surface area contributed by atoms with Crippen LogP contribution in [0.5, 0.6) is 11.6 Å². The predicted octanol–water partition coefficient (Wildman–Crippen LogP) is 5.25. The zero-order valence-electron chi connectivity index (χ0n) is 12.7.